The molecule has 3 heterocycles. The summed E-state index contributed by atoms with van der Waals surface area (Å²) in [5, 5.41) is 8.15. The number of pyridine rings is 1. The average Bonchev–Trinajstić information content (AvgIpc) is 3.19. The van der Waals surface area contributed by atoms with Crippen LogP contribution in [0.1, 0.15) is 23.1 Å². The summed E-state index contributed by atoms with van der Waals surface area (Å²) in [4.78, 5) is 31.4. The number of aryl methyl sites for hydroxylation is 1. The lowest BCUT2D eigenvalue weighted by atomic mass is 10.2. The van der Waals surface area contributed by atoms with Crippen molar-refractivity contribution in [2.75, 3.05) is 38.7 Å². The monoisotopic (exact) mass is 423 g/mol. The van der Waals surface area contributed by atoms with Gasteiger partial charge in [-0.1, -0.05) is 13.0 Å². The SMILES string of the molecule is CCc1cccc(C(=O)Nc2cc3cn(CC(=O)N4CCOCC4)nc3cc2OC)n1. The highest BCUT2D eigenvalue weighted by Gasteiger charge is 2.19. The Labute approximate surface area is 180 Å². The Morgan fingerprint density at radius 1 is 1.23 bits per heavy atom. The molecule has 0 saturated carbocycles. The molecule has 4 rings (SSSR count). The fourth-order valence-corrected chi connectivity index (χ4v) is 3.49. The van der Waals surface area contributed by atoms with Crippen LogP contribution in [0.25, 0.3) is 10.9 Å². The number of morpholine rings is 1. The van der Waals surface area contributed by atoms with E-state index in [1.165, 1.54) is 7.11 Å². The number of rotatable bonds is 6. The fourth-order valence-electron chi connectivity index (χ4n) is 3.49. The van der Waals surface area contributed by atoms with E-state index < -0.39 is 0 Å². The number of methoxy groups -OCH3 is 1. The summed E-state index contributed by atoms with van der Waals surface area (Å²) in [7, 11) is 1.53. The molecule has 9 heteroatoms. The molecule has 1 aromatic carbocycles. The predicted molar refractivity (Wildman–Crippen MR) is 115 cm³/mol. The van der Waals surface area contributed by atoms with Gasteiger partial charge in [-0.15, -0.1) is 0 Å². The molecule has 1 aliphatic heterocycles. The molecular weight excluding hydrogens is 398 g/mol. The molecule has 1 N–H and O–H groups in total. The van der Waals surface area contributed by atoms with Crippen molar-refractivity contribution in [1.29, 1.82) is 0 Å². The second kappa shape index (κ2) is 9.13. The van der Waals surface area contributed by atoms with Gasteiger partial charge < -0.3 is 19.7 Å². The number of carbonyl (C=O) groups excluding carboxylic acids is 2. The molecule has 1 saturated heterocycles. The average molecular weight is 423 g/mol. The van der Waals surface area contributed by atoms with Crippen molar-refractivity contribution in [2.45, 2.75) is 19.9 Å². The topological polar surface area (TPSA) is 98.6 Å². The van der Waals surface area contributed by atoms with E-state index in [1.54, 1.807) is 34.0 Å². The molecule has 31 heavy (non-hydrogen) atoms. The number of hydrogen-bond acceptors (Lipinski definition) is 6. The number of benzene rings is 1. The summed E-state index contributed by atoms with van der Waals surface area (Å²) in [6.07, 6.45) is 2.54. The predicted octanol–water partition coefficient (Wildman–Crippen LogP) is 2.11. The van der Waals surface area contributed by atoms with E-state index in [0.717, 1.165) is 17.5 Å². The first-order valence-electron chi connectivity index (χ1n) is 10.3. The van der Waals surface area contributed by atoms with Gasteiger partial charge in [-0.2, -0.15) is 5.10 Å². The summed E-state index contributed by atoms with van der Waals surface area (Å²) in [5.41, 5.74) is 2.38. The van der Waals surface area contributed by atoms with Gasteiger partial charge in [-0.25, -0.2) is 4.98 Å². The zero-order valence-corrected chi connectivity index (χ0v) is 17.6. The van der Waals surface area contributed by atoms with Gasteiger partial charge in [0.15, 0.2) is 0 Å². The van der Waals surface area contributed by atoms with Gasteiger partial charge in [0.2, 0.25) is 5.91 Å². The van der Waals surface area contributed by atoms with Crippen LogP contribution >= 0.6 is 0 Å². The third-order valence-corrected chi connectivity index (χ3v) is 5.18. The minimum Gasteiger partial charge on any atom is -0.494 e. The molecule has 0 radical (unpaired) electrons. The van der Waals surface area contributed by atoms with Gasteiger partial charge in [0.05, 0.1) is 31.5 Å². The summed E-state index contributed by atoms with van der Waals surface area (Å²) >= 11 is 0. The number of ether oxygens (including phenoxy) is 2. The molecule has 0 bridgehead atoms. The van der Waals surface area contributed by atoms with E-state index in [2.05, 4.69) is 15.4 Å². The molecule has 1 fully saturated rings. The molecule has 0 spiro atoms. The molecule has 2 amide bonds. The van der Waals surface area contributed by atoms with Crippen molar-refractivity contribution in [3.8, 4) is 5.75 Å². The fraction of sp³-hybridized carbons (Fsp3) is 0.364. The largest absolute Gasteiger partial charge is 0.494 e. The Morgan fingerprint density at radius 2 is 2.03 bits per heavy atom. The molecule has 0 aliphatic carbocycles. The van der Waals surface area contributed by atoms with Crippen LogP contribution in [0.2, 0.25) is 0 Å². The second-order valence-corrected chi connectivity index (χ2v) is 7.25. The van der Waals surface area contributed by atoms with Crippen LogP contribution in [-0.4, -0.2) is 64.9 Å². The summed E-state index contributed by atoms with van der Waals surface area (Å²) in [5.74, 6) is 0.165. The lowest BCUT2D eigenvalue weighted by Gasteiger charge is -2.26. The van der Waals surface area contributed by atoms with Crippen LogP contribution in [0.15, 0.2) is 36.5 Å². The lowest BCUT2D eigenvalue weighted by molar-refractivity contribution is -0.136. The second-order valence-electron chi connectivity index (χ2n) is 7.25. The Bertz CT molecular complexity index is 1100. The van der Waals surface area contributed by atoms with Crippen LogP contribution in [0, 0.1) is 0 Å². The van der Waals surface area contributed by atoms with Crippen LogP contribution in [-0.2, 0) is 22.5 Å². The van der Waals surface area contributed by atoms with Crippen molar-refractivity contribution in [1.82, 2.24) is 19.7 Å². The zero-order valence-electron chi connectivity index (χ0n) is 17.6. The smallest absolute Gasteiger partial charge is 0.274 e. The number of carbonyl (C=O) groups is 2. The molecule has 0 unspecified atom stereocenters. The van der Waals surface area contributed by atoms with Crippen LogP contribution < -0.4 is 10.1 Å². The number of nitrogens with zero attached hydrogens (tertiary/aromatic N) is 4. The first-order valence-corrected chi connectivity index (χ1v) is 10.3. The molecule has 3 aromatic rings. The van der Waals surface area contributed by atoms with E-state index in [1.807, 2.05) is 19.1 Å². The molecule has 2 aromatic heterocycles. The summed E-state index contributed by atoms with van der Waals surface area (Å²) in [6, 6.07) is 8.91. The van der Waals surface area contributed by atoms with Gasteiger partial charge in [0, 0.05) is 36.4 Å². The van der Waals surface area contributed by atoms with Gasteiger partial charge >= 0.3 is 0 Å². The number of hydrogen-bond donors (Lipinski definition) is 1. The number of nitrogens with one attached hydrogen (secondary N) is 1. The zero-order chi connectivity index (χ0) is 21.8. The molecular formula is C22H25N5O4. The quantitative estimate of drug-likeness (QED) is 0.652. The van der Waals surface area contributed by atoms with Gasteiger partial charge in [0.25, 0.3) is 5.91 Å². The third kappa shape index (κ3) is 4.66. The van der Waals surface area contributed by atoms with Crippen LogP contribution in [0.4, 0.5) is 5.69 Å². The maximum atomic E-state index is 12.7. The minimum atomic E-state index is -0.317. The van der Waals surface area contributed by atoms with Crippen molar-refractivity contribution in [2.24, 2.45) is 0 Å². The van der Waals surface area contributed by atoms with Crippen molar-refractivity contribution < 1.29 is 19.1 Å². The molecule has 0 atom stereocenters. The number of fused-ring (bicyclic) bond motifs is 1. The van der Waals surface area contributed by atoms with Crippen molar-refractivity contribution >= 4 is 28.4 Å². The highest BCUT2D eigenvalue weighted by atomic mass is 16.5. The van der Waals surface area contributed by atoms with Gasteiger partial charge in [-0.3, -0.25) is 14.3 Å². The third-order valence-electron chi connectivity index (χ3n) is 5.18. The Hall–Kier alpha value is -3.46. The number of anilines is 1. The first kappa shape index (κ1) is 20.8. The van der Waals surface area contributed by atoms with Crippen LogP contribution in [0.5, 0.6) is 5.75 Å². The Morgan fingerprint density at radius 3 is 2.77 bits per heavy atom. The van der Waals surface area contributed by atoms with Gasteiger partial charge in [-0.05, 0) is 24.6 Å². The summed E-state index contributed by atoms with van der Waals surface area (Å²) < 4.78 is 12.4. The molecule has 9 nitrogen and oxygen atoms in total. The standard InChI is InChI=1S/C22H25N5O4/c1-3-16-5-4-6-17(23-16)22(29)24-19-11-15-13-27(25-18(15)12-20(19)30-2)14-21(28)26-7-9-31-10-8-26/h4-6,11-13H,3,7-10,14H2,1-2H3,(H,24,29). The van der Waals surface area contributed by atoms with E-state index in [9.17, 15) is 9.59 Å². The maximum absolute atomic E-state index is 12.7. The molecule has 162 valence electrons. The number of amides is 2. The van der Waals surface area contributed by atoms with E-state index in [0.29, 0.717) is 49.0 Å². The van der Waals surface area contributed by atoms with Gasteiger partial charge in [0.1, 0.15) is 18.0 Å². The van der Waals surface area contributed by atoms with Crippen LogP contribution in [0.3, 0.4) is 0 Å². The van der Waals surface area contributed by atoms with Crippen molar-refractivity contribution in [3.05, 3.63) is 47.9 Å². The number of aromatic nitrogens is 3. The highest BCUT2D eigenvalue weighted by Crippen LogP contribution is 2.30. The lowest BCUT2D eigenvalue weighted by Crippen LogP contribution is -2.42. The Balaban J connectivity index is 1.55. The van der Waals surface area contributed by atoms with E-state index >= 15 is 0 Å². The highest BCUT2D eigenvalue weighted by molar-refractivity contribution is 6.05. The first-order chi connectivity index (χ1) is 15.1. The normalized spacial score (nSPS) is 13.9. The Kier molecular flexibility index (Phi) is 6.13. The van der Waals surface area contributed by atoms with Crippen molar-refractivity contribution in [3.63, 3.8) is 0 Å². The maximum Gasteiger partial charge on any atom is 0.274 e. The van der Waals surface area contributed by atoms with E-state index in [4.69, 9.17) is 9.47 Å². The molecule has 1 aliphatic rings. The van der Waals surface area contributed by atoms with E-state index in [-0.39, 0.29) is 18.4 Å². The minimum absolute atomic E-state index is 0.00141. The summed E-state index contributed by atoms with van der Waals surface area (Å²) in [6.45, 7) is 4.44.